The van der Waals surface area contributed by atoms with Gasteiger partial charge >= 0.3 is 0 Å². The summed E-state index contributed by atoms with van der Waals surface area (Å²) in [6.07, 6.45) is 8.74. The summed E-state index contributed by atoms with van der Waals surface area (Å²) in [6.45, 7) is 4.50. The van der Waals surface area contributed by atoms with Gasteiger partial charge in [0.1, 0.15) is 5.82 Å². The van der Waals surface area contributed by atoms with Gasteiger partial charge in [0.15, 0.2) is 0 Å². The number of aromatic nitrogens is 2. The zero-order valence-electron chi connectivity index (χ0n) is 26.5. The molecule has 7 rings (SSSR count). The Bertz CT molecular complexity index is 1840. The molecule has 1 unspecified atom stereocenters. The van der Waals surface area contributed by atoms with E-state index < -0.39 is 10.0 Å². The van der Waals surface area contributed by atoms with Crippen LogP contribution in [-0.4, -0.2) is 71.6 Å². The third-order valence-corrected chi connectivity index (χ3v) is 11.7. The second-order valence-corrected chi connectivity index (χ2v) is 15.7. The number of para-hydroxylation sites is 2. The van der Waals surface area contributed by atoms with Crippen molar-refractivity contribution in [2.24, 2.45) is 0 Å². The first-order valence-corrected chi connectivity index (χ1v) is 18.7. The zero-order valence-corrected chi connectivity index (χ0v) is 28.1. The highest BCUT2D eigenvalue weighted by molar-refractivity contribution is 7.92. The van der Waals surface area contributed by atoms with Crippen LogP contribution in [0.5, 0.6) is 0 Å². The summed E-state index contributed by atoms with van der Waals surface area (Å²) in [6, 6.07) is 25.8. The molecule has 0 spiro atoms. The van der Waals surface area contributed by atoms with Crippen LogP contribution in [0.25, 0.3) is 11.0 Å². The van der Waals surface area contributed by atoms with Crippen molar-refractivity contribution in [2.45, 2.75) is 75.4 Å². The minimum absolute atomic E-state index is 0.00549. The van der Waals surface area contributed by atoms with Crippen LogP contribution in [0.15, 0.2) is 72.8 Å². The number of carbonyl (C=O) groups is 1. The number of imidazole rings is 1. The monoisotopic (exact) mass is 659 g/mol. The smallest absolute Gasteiger partial charge is 0.253 e. The van der Waals surface area contributed by atoms with Gasteiger partial charge in [0.25, 0.3) is 5.91 Å². The van der Waals surface area contributed by atoms with Gasteiger partial charge in [-0.2, -0.15) is 0 Å². The van der Waals surface area contributed by atoms with Gasteiger partial charge in [-0.3, -0.25) is 14.4 Å². The number of piperidine rings is 2. The number of amides is 1. The van der Waals surface area contributed by atoms with Crippen molar-refractivity contribution < 1.29 is 13.2 Å². The first-order chi connectivity index (χ1) is 22.1. The van der Waals surface area contributed by atoms with Gasteiger partial charge in [0.05, 0.1) is 28.0 Å². The van der Waals surface area contributed by atoms with Crippen LogP contribution in [0.4, 0.5) is 5.69 Å². The number of nitrogens with one attached hydrogen (secondary N) is 1. The maximum Gasteiger partial charge on any atom is 0.253 e. The van der Waals surface area contributed by atoms with E-state index in [0.717, 1.165) is 56.2 Å². The van der Waals surface area contributed by atoms with Gasteiger partial charge in [-0.1, -0.05) is 54.1 Å². The predicted octanol–water partition coefficient (Wildman–Crippen LogP) is 6.80. The predicted molar refractivity (Wildman–Crippen MR) is 184 cm³/mol. The van der Waals surface area contributed by atoms with Crippen LogP contribution in [-0.2, 0) is 15.4 Å². The molecule has 2 bridgehead atoms. The summed E-state index contributed by atoms with van der Waals surface area (Å²) >= 11 is 6.23. The summed E-state index contributed by atoms with van der Waals surface area (Å²) in [5.74, 6) is 1.02. The number of likely N-dealkylation sites (tertiary alicyclic amines) is 1. The van der Waals surface area contributed by atoms with E-state index in [9.17, 15) is 13.2 Å². The second kappa shape index (κ2) is 12.3. The van der Waals surface area contributed by atoms with Crippen LogP contribution in [0.1, 0.15) is 72.7 Å². The normalized spacial score (nSPS) is 23.1. The third kappa shape index (κ3) is 6.05. The molecule has 3 aromatic carbocycles. The minimum Gasteiger partial charge on any atom is -0.339 e. The van der Waals surface area contributed by atoms with E-state index in [4.69, 9.17) is 16.6 Å². The van der Waals surface area contributed by atoms with Gasteiger partial charge < -0.3 is 9.47 Å². The number of fused-ring (bicyclic) bond motifs is 3. The van der Waals surface area contributed by atoms with Crippen molar-refractivity contribution in [1.82, 2.24) is 19.4 Å². The average Bonchev–Trinajstić information content (AvgIpc) is 3.51. The molecule has 4 heterocycles. The molecular weight excluding hydrogens is 618 g/mol. The van der Waals surface area contributed by atoms with Crippen molar-refractivity contribution in [3.63, 3.8) is 0 Å². The molecule has 242 valence electrons. The summed E-state index contributed by atoms with van der Waals surface area (Å²) in [7, 11) is -3.53. The number of anilines is 1. The van der Waals surface area contributed by atoms with Crippen LogP contribution in [0, 0.1) is 6.92 Å². The number of carbonyl (C=O) groups excluding carboxylic acids is 1. The lowest BCUT2D eigenvalue weighted by Gasteiger charge is -2.45. The maximum absolute atomic E-state index is 13.6. The molecule has 3 aliphatic heterocycles. The molecule has 1 aromatic heterocycles. The van der Waals surface area contributed by atoms with E-state index >= 15 is 0 Å². The number of benzene rings is 3. The maximum atomic E-state index is 13.6. The summed E-state index contributed by atoms with van der Waals surface area (Å²) in [5.41, 5.74) is 4.35. The SMILES string of the molecule is Cc1nc2ccccc2n1C1C[C@H]2CC[C@@H](C1)N2CCC1(c2ccccc2)CCN(C(=O)c2ccc(Cl)c(NS(C)(=O)=O)c2)CC1. The largest absolute Gasteiger partial charge is 0.339 e. The fourth-order valence-corrected chi connectivity index (χ4v) is 9.31. The van der Waals surface area contributed by atoms with E-state index in [1.54, 1.807) is 12.1 Å². The highest BCUT2D eigenvalue weighted by atomic mass is 35.5. The Morgan fingerprint density at radius 3 is 2.33 bits per heavy atom. The van der Waals surface area contributed by atoms with Crippen molar-refractivity contribution in [3.8, 4) is 0 Å². The molecular formula is C36H42ClN5O3S. The van der Waals surface area contributed by atoms with Gasteiger partial charge in [-0.25, -0.2) is 13.4 Å². The molecule has 0 saturated carbocycles. The fraction of sp³-hybridized carbons (Fsp3) is 0.444. The first kappa shape index (κ1) is 31.2. The van der Waals surface area contributed by atoms with Crippen molar-refractivity contribution in [3.05, 3.63) is 94.8 Å². The highest BCUT2D eigenvalue weighted by Crippen LogP contribution is 2.45. The molecule has 46 heavy (non-hydrogen) atoms. The Labute approximate surface area is 276 Å². The summed E-state index contributed by atoms with van der Waals surface area (Å²) in [5, 5.41) is 0.259. The highest BCUT2D eigenvalue weighted by Gasteiger charge is 2.44. The Hall–Kier alpha value is -3.40. The van der Waals surface area contributed by atoms with Crippen LogP contribution >= 0.6 is 11.6 Å². The molecule has 1 N–H and O–H groups in total. The molecule has 3 saturated heterocycles. The molecule has 0 aliphatic carbocycles. The number of aryl methyl sites for hydroxylation is 1. The van der Waals surface area contributed by atoms with Crippen molar-refractivity contribution in [2.75, 3.05) is 30.6 Å². The Morgan fingerprint density at radius 1 is 0.957 bits per heavy atom. The molecule has 0 radical (unpaired) electrons. The zero-order chi connectivity index (χ0) is 32.1. The molecule has 4 aromatic rings. The Morgan fingerprint density at radius 2 is 1.63 bits per heavy atom. The molecule has 1 amide bonds. The average molecular weight is 660 g/mol. The number of halogens is 1. The number of hydrogen-bond donors (Lipinski definition) is 1. The number of rotatable bonds is 8. The fourth-order valence-electron chi connectivity index (χ4n) is 8.52. The molecule has 8 nitrogen and oxygen atoms in total. The summed E-state index contributed by atoms with van der Waals surface area (Å²) in [4.78, 5) is 23.2. The number of hydrogen-bond acceptors (Lipinski definition) is 5. The molecule has 3 aliphatic rings. The molecule has 10 heteroatoms. The second-order valence-electron chi connectivity index (χ2n) is 13.5. The van der Waals surface area contributed by atoms with Gasteiger partial charge in [0, 0.05) is 36.8 Å². The van der Waals surface area contributed by atoms with Crippen LogP contribution < -0.4 is 4.72 Å². The Kier molecular flexibility index (Phi) is 8.36. The van der Waals surface area contributed by atoms with Gasteiger partial charge in [0.2, 0.25) is 10.0 Å². The quantitative estimate of drug-likeness (QED) is 0.225. The number of nitrogens with zero attached hydrogens (tertiary/aromatic N) is 4. The van der Waals surface area contributed by atoms with E-state index in [0.29, 0.717) is 36.8 Å². The van der Waals surface area contributed by atoms with Crippen molar-refractivity contribution >= 4 is 44.3 Å². The number of sulfonamides is 1. The first-order valence-electron chi connectivity index (χ1n) is 16.4. The van der Waals surface area contributed by atoms with Crippen LogP contribution in [0.3, 0.4) is 0 Å². The molecule has 3 atom stereocenters. The summed E-state index contributed by atoms with van der Waals surface area (Å²) < 4.78 is 28.6. The third-order valence-electron chi connectivity index (χ3n) is 10.7. The van der Waals surface area contributed by atoms with Crippen molar-refractivity contribution in [1.29, 1.82) is 0 Å². The minimum atomic E-state index is -3.53. The lowest BCUT2D eigenvalue weighted by Crippen LogP contribution is -2.49. The van der Waals surface area contributed by atoms with Gasteiger partial charge in [-0.15, -0.1) is 0 Å². The molecule has 3 fully saturated rings. The van der Waals surface area contributed by atoms with Crippen LogP contribution in [0.2, 0.25) is 5.02 Å². The lowest BCUT2D eigenvalue weighted by atomic mass is 9.70. The Balaban J connectivity index is 1.05. The van der Waals surface area contributed by atoms with E-state index in [2.05, 4.69) is 75.7 Å². The van der Waals surface area contributed by atoms with E-state index in [1.165, 1.54) is 30.0 Å². The van der Waals surface area contributed by atoms with E-state index in [1.807, 2.05) is 4.90 Å². The van der Waals surface area contributed by atoms with E-state index in [-0.39, 0.29) is 22.0 Å². The van der Waals surface area contributed by atoms with Gasteiger partial charge in [-0.05, 0) is 99.7 Å². The lowest BCUT2D eigenvalue weighted by molar-refractivity contribution is 0.0607. The standard InChI is InChI=1S/C36H42ClN5O3S/c1-25-38-32-10-6-7-11-34(32)42(25)30-23-28-13-14-29(24-30)41(28)21-18-36(27-8-4-3-5-9-27)16-19-40(20-17-36)35(43)26-12-15-31(37)33(22-26)39-46(2,44)45/h3-12,15,22,28-30,39H,13-14,16-21,23-24H2,1-2H3/t28-,29+,30?. The topological polar surface area (TPSA) is 87.5 Å².